The Morgan fingerprint density at radius 3 is 2.54 bits per heavy atom. The van der Waals surface area contributed by atoms with Gasteiger partial charge in [-0.2, -0.15) is 0 Å². The number of hydrogen-bond acceptors (Lipinski definition) is 0. The molecule has 0 heterocycles. The summed E-state index contributed by atoms with van der Waals surface area (Å²) in [5.74, 6) is 0. The molecule has 0 amide bonds. The van der Waals surface area contributed by atoms with E-state index in [4.69, 9.17) is 0 Å². The number of unbranched alkanes of at least 4 members (excludes halogenated alkanes) is 2. The average molecular weight is 336 g/mol. The van der Waals surface area contributed by atoms with E-state index in [9.17, 15) is 0 Å². The van der Waals surface area contributed by atoms with Gasteiger partial charge in [-0.25, -0.2) is 0 Å². The molecule has 0 unspecified atom stereocenters. The molecule has 5 rings (SSSR count). The molecule has 0 fully saturated rings. The third-order valence-electron chi connectivity index (χ3n) is 5.86. The molecule has 0 atom stereocenters. The first kappa shape index (κ1) is 15.6. The van der Waals surface area contributed by atoms with Gasteiger partial charge < -0.3 is 0 Å². The maximum Gasteiger partial charge on any atom is -0.00879 e. The lowest BCUT2D eigenvalue weighted by atomic mass is 9.93. The maximum atomic E-state index is 2.40. The zero-order valence-electron chi connectivity index (χ0n) is 15.4. The molecular weight excluding hydrogens is 312 g/mol. The van der Waals surface area contributed by atoms with Gasteiger partial charge in [0.2, 0.25) is 0 Å². The summed E-state index contributed by atoms with van der Waals surface area (Å²) in [5.41, 5.74) is 4.34. The molecule has 0 radical (unpaired) electrons. The van der Waals surface area contributed by atoms with E-state index in [1.54, 1.807) is 0 Å². The summed E-state index contributed by atoms with van der Waals surface area (Å²) in [6, 6.07) is 21.0. The molecule has 0 spiro atoms. The molecule has 0 saturated carbocycles. The minimum Gasteiger partial charge on any atom is -0.0795 e. The van der Waals surface area contributed by atoms with Crippen LogP contribution in [0.15, 0.2) is 60.7 Å². The van der Waals surface area contributed by atoms with Crippen LogP contribution in [0, 0.1) is 0 Å². The highest BCUT2D eigenvalue weighted by molar-refractivity contribution is 6.14. The van der Waals surface area contributed by atoms with Crippen LogP contribution in [0.25, 0.3) is 38.4 Å². The van der Waals surface area contributed by atoms with Crippen molar-refractivity contribution in [2.24, 2.45) is 0 Å². The van der Waals surface area contributed by atoms with Gasteiger partial charge in [0.15, 0.2) is 0 Å². The van der Waals surface area contributed by atoms with Gasteiger partial charge in [-0.1, -0.05) is 74.4 Å². The molecule has 4 aromatic carbocycles. The Bertz CT molecular complexity index is 1160. The van der Waals surface area contributed by atoms with Gasteiger partial charge in [-0.3, -0.25) is 0 Å². The second-order valence-corrected chi connectivity index (χ2v) is 7.62. The quantitative estimate of drug-likeness (QED) is 0.206. The zero-order chi connectivity index (χ0) is 17.5. The fourth-order valence-electron chi connectivity index (χ4n) is 4.42. The average Bonchev–Trinajstić information content (AvgIpc) is 3.15. The summed E-state index contributed by atoms with van der Waals surface area (Å²) in [5, 5.41) is 8.20. The van der Waals surface area contributed by atoms with Gasteiger partial charge in [0.1, 0.15) is 0 Å². The van der Waals surface area contributed by atoms with Gasteiger partial charge in [0, 0.05) is 0 Å². The Hall–Kier alpha value is -2.60. The van der Waals surface area contributed by atoms with E-state index in [1.807, 2.05) is 0 Å². The van der Waals surface area contributed by atoms with Crippen LogP contribution in [-0.2, 0) is 12.8 Å². The number of hydrogen-bond donors (Lipinski definition) is 0. The van der Waals surface area contributed by atoms with Crippen LogP contribution in [0.2, 0.25) is 0 Å². The van der Waals surface area contributed by atoms with Gasteiger partial charge in [0.05, 0.1) is 0 Å². The Morgan fingerprint density at radius 2 is 1.62 bits per heavy atom. The van der Waals surface area contributed by atoms with Crippen LogP contribution < -0.4 is 0 Å². The molecule has 0 aromatic heterocycles. The van der Waals surface area contributed by atoms with Crippen molar-refractivity contribution >= 4 is 38.4 Å². The molecule has 0 nitrogen and oxygen atoms in total. The molecule has 0 N–H and O–H groups in total. The maximum absolute atomic E-state index is 2.40. The van der Waals surface area contributed by atoms with E-state index >= 15 is 0 Å². The predicted molar refractivity (Wildman–Crippen MR) is 115 cm³/mol. The van der Waals surface area contributed by atoms with Gasteiger partial charge in [-0.05, 0) is 80.4 Å². The smallest absolute Gasteiger partial charge is 0.00879 e. The number of allylic oxidation sites excluding steroid dienone is 1. The second kappa shape index (κ2) is 6.29. The lowest BCUT2D eigenvalue weighted by molar-refractivity contribution is 0.718. The summed E-state index contributed by atoms with van der Waals surface area (Å²) in [4.78, 5) is 0. The highest BCUT2D eigenvalue weighted by Crippen LogP contribution is 2.35. The number of aryl methyl sites for hydroxylation is 1. The topological polar surface area (TPSA) is 0 Å². The minimum absolute atomic E-state index is 1.07. The summed E-state index contributed by atoms with van der Waals surface area (Å²) >= 11 is 0. The van der Waals surface area contributed by atoms with Crippen LogP contribution in [0.1, 0.15) is 42.9 Å². The van der Waals surface area contributed by atoms with Crippen molar-refractivity contribution < 1.29 is 0 Å². The van der Waals surface area contributed by atoms with Gasteiger partial charge in [0.25, 0.3) is 0 Å². The van der Waals surface area contributed by atoms with E-state index in [0.717, 1.165) is 6.42 Å². The summed E-state index contributed by atoms with van der Waals surface area (Å²) in [6.07, 6.45) is 10.7. The Morgan fingerprint density at radius 1 is 0.731 bits per heavy atom. The van der Waals surface area contributed by atoms with Crippen LogP contribution in [0.5, 0.6) is 0 Å². The van der Waals surface area contributed by atoms with Gasteiger partial charge >= 0.3 is 0 Å². The SMILES string of the molecule is CCCCCc1ccc2cc3ccc4c5c(ccc4c3cc2c1)CC=C5. The molecule has 4 aromatic rings. The normalized spacial score (nSPS) is 13.1. The standard InChI is InChI=1S/C26H24/c1-2-3-4-6-18-9-10-20-16-21-12-14-24-23-8-5-7-19(23)11-13-25(24)26(21)17-22(20)15-18/h5,8-17H,2-4,6-7H2,1H3. The van der Waals surface area contributed by atoms with E-state index in [2.05, 4.69) is 73.7 Å². The molecule has 0 aliphatic heterocycles. The van der Waals surface area contributed by atoms with Crippen LogP contribution in [0.4, 0.5) is 0 Å². The Kier molecular flexibility index (Phi) is 3.78. The van der Waals surface area contributed by atoms with Crippen LogP contribution in [0.3, 0.4) is 0 Å². The monoisotopic (exact) mass is 336 g/mol. The van der Waals surface area contributed by atoms with Crippen molar-refractivity contribution in [1.82, 2.24) is 0 Å². The molecule has 0 saturated heterocycles. The van der Waals surface area contributed by atoms with Crippen molar-refractivity contribution in [2.75, 3.05) is 0 Å². The first-order valence-corrected chi connectivity index (χ1v) is 9.91. The fraction of sp³-hybridized carbons (Fsp3) is 0.231. The van der Waals surface area contributed by atoms with E-state index in [1.165, 1.54) is 74.7 Å². The number of rotatable bonds is 4. The minimum atomic E-state index is 1.07. The zero-order valence-corrected chi connectivity index (χ0v) is 15.4. The van der Waals surface area contributed by atoms with Gasteiger partial charge in [-0.15, -0.1) is 0 Å². The number of benzene rings is 4. The number of fused-ring (bicyclic) bond motifs is 6. The summed E-state index contributed by atoms with van der Waals surface area (Å²) < 4.78 is 0. The molecule has 128 valence electrons. The van der Waals surface area contributed by atoms with Crippen LogP contribution >= 0.6 is 0 Å². The molecule has 26 heavy (non-hydrogen) atoms. The Labute approximate surface area is 155 Å². The molecule has 0 heteroatoms. The highest BCUT2D eigenvalue weighted by atomic mass is 14.2. The van der Waals surface area contributed by atoms with Crippen molar-refractivity contribution in [3.8, 4) is 0 Å². The summed E-state index contributed by atoms with van der Waals surface area (Å²) in [7, 11) is 0. The van der Waals surface area contributed by atoms with Crippen molar-refractivity contribution in [3.63, 3.8) is 0 Å². The largest absolute Gasteiger partial charge is 0.0795 e. The molecule has 1 aliphatic rings. The Balaban J connectivity index is 1.70. The van der Waals surface area contributed by atoms with Crippen molar-refractivity contribution in [2.45, 2.75) is 39.0 Å². The third-order valence-corrected chi connectivity index (χ3v) is 5.86. The lowest BCUT2D eigenvalue weighted by Gasteiger charge is -2.11. The molecule has 1 aliphatic carbocycles. The van der Waals surface area contributed by atoms with E-state index in [-0.39, 0.29) is 0 Å². The first-order chi connectivity index (χ1) is 12.8. The fourth-order valence-corrected chi connectivity index (χ4v) is 4.42. The lowest BCUT2D eigenvalue weighted by Crippen LogP contribution is -1.88. The van der Waals surface area contributed by atoms with Crippen molar-refractivity contribution in [3.05, 3.63) is 77.4 Å². The predicted octanol–water partition coefficient (Wildman–Crippen LogP) is 7.45. The summed E-state index contributed by atoms with van der Waals surface area (Å²) in [6.45, 7) is 2.27. The van der Waals surface area contributed by atoms with Crippen LogP contribution in [-0.4, -0.2) is 0 Å². The highest BCUT2D eigenvalue weighted by Gasteiger charge is 2.11. The van der Waals surface area contributed by atoms with Crippen molar-refractivity contribution in [1.29, 1.82) is 0 Å². The third kappa shape index (κ3) is 2.52. The second-order valence-electron chi connectivity index (χ2n) is 7.62. The van der Waals surface area contributed by atoms with E-state index in [0.29, 0.717) is 0 Å². The first-order valence-electron chi connectivity index (χ1n) is 9.91. The van der Waals surface area contributed by atoms with E-state index < -0.39 is 0 Å². The molecular formula is C26H24. The molecule has 0 bridgehead atoms.